The van der Waals surface area contributed by atoms with Gasteiger partial charge in [0.2, 0.25) is 0 Å². The molecule has 1 atom stereocenters. The number of aromatic nitrogens is 1. The molecule has 1 aromatic heterocycles. The molecule has 0 aromatic carbocycles. The van der Waals surface area contributed by atoms with Crippen LogP contribution in [0.3, 0.4) is 0 Å². The first-order valence-electron chi connectivity index (χ1n) is 10.9. The van der Waals surface area contributed by atoms with Crippen molar-refractivity contribution in [1.82, 2.24) is 9.88 Å². The fourth-order valence-electron chi connectivity index (χ4n) is 4.21. The molecule has 1 aliphatic heterocycles. The molecule has 1 N–H and O–H groups in total. The minimum Gasteiger partial charge on any atom is -0.460 e. The van der Waals surface area contributed by atoms with Gasteiger partial charge in [-0.25, -0.2) is 0 Å². The Morgan fingerprint density at radius 2 is 1.90 bits per heavy atom. The Hall–Kier alpha value is -2.44. The molecule has 1 aromatic rings. The second kappa shape index (κ2) is 9.14. The smallest absolute Gasteiger partial charge is 0.313 e. The van der Waals surface area contributed by atoms with Gasteiger partial charge in [-0.1, -0.05) is 6.42 Å². The van der Waals surface area contributed by atoms with Gasteiger partial charge >= 0.3 is 17.8 Å². The molecule has 164 valence electrons. The van der Waals surface area contributed by atoms with Crippen molar-refractivity contribution in [1.29, 1.82) is 0 Å². The molecular formula is C23H33N3O4. The minimum absolute atomic E-state index is 0.0626. The first-order chi connectivity index (χ1) is 14.1. The molecule has 30 heavy (non-hydrogen) atoms. The summed E-state index contributed by atoms with van der Waals surface area (Å²) in [6, 6.07) is 1.93. The molecule has 0 spiro atoms. The van der Waals surface area contributed by atoms with Crippen LogP contribution in [0.4, 0.5) is 5.69 Å². The highest BCUT2D eigenvalue weighted by Crippen LogP contribution is 2.36. The summed E-state index contributed by atoms with van der Waals surface area (Å²) in [4.78, 5) is 43.5. The Morgan fingerprint density at radius 3 is 2.50 bits per heavy atom. The van der Waals surface area contributed by atoms with Crippen molar-refractivity contribution >= 4 is 23.5 Å². The molecule has 1 saturated carbocycles. The highest BCUT2D eigenvalue weighted by molar-refractivity contribution is 6.39. The lowest BCUT2D eigenvalue weighted by Crippen LogP contribution is -2.52. The van der Waals surface area contributed by atoms with Gasteiger partial charge < -0.3 is 15.0 Å². The zero-order chi connectivity index (χ0) is 21.9. The zero-order valence-corrected chi connectivity index (χ0v) is 18.5. The van der Waals surface area contributed by atoms with Gasteiger partial charge in [-0.05, 0) is 77.3 Å². The Kier molecular flexibility index (Phi) is 6.78. The van der Waals surface area contributed by atoms with E-state index in [2.05, 4.69) is 10.3 Å². The molecule has 3 rings (SSSR count). The average molecular weight is 416 g/mol. The van der Waals surface area contributed by atoms with Crippen LogP contribution in [0.5, 0.6) is 0 Å². The Balaban J connectivity index is 1.61. The number of nitrogens with one attached hydrogen (secondary N) is 1. The number of rotatable bonds is 4. The van der Waals surface area contributed by atoms with Gasteiger partial charge in [0.1, 0.15) is 5.60 Å². The summed E-state index contributed by atoms with van der Waals surface area (Å²) in [5.74, 6) is -0.889. The number of aryl methyl sites for hydroxylation is 1. The zero-order valence-electron chi connectivity index (χ0n) is 18.5. The quantitative estimate of drug-likeness (QED) is 0.601. The van der Waals surface area contributed by atoms with E-state index in [1.165, 1.54) is 12.6 Å². The number of amides is 2. The lowest BCUT2D eigenvalue weighted by molar-refractivity contribution is -0.154. The number of carbonyl (C=O) groups excluding carboxylic acids is 3. The van der Waals surface area contributed by atoms with Crippen molar-refractivity contribution < 1.29 is 19.1 Å². The number of carbonyl (C=O) groups is 3. The fraction of sp³-hybridized carbons (Fsp3) is 0.652. The minimum atomic E-state index is -0.623. The lowest BCUT2D eigenvalue weighted by Gasteiger charge is -2.43. The van der Waals surface area contributed by atoms with Gasteiger partial charge in [0, 0.05) is 12.6 Å². The average Bonchev–Trinajstić information content (AvgIpc) is 2.61. The lowest BCUT2D eigenvalue weighted by atomic mass is 9.76. The number of likely N-dealkylation sites (tertiary alicyclic amines) is 1. The Labute approximate surface area is 178 Å². The van der Waals surface area contributed by atoms with Crippen molar-refractivity contribution in [3.05, 3.63) is 23.5 Å². The summed E-state index contributed by atoms with van der Waals surface area (Å²) in [5.41, 5.74) is 1.26. The highest BCUT2D eigenvalue weighted by Gasteiger charge is 2.37. The van der Waals surface area contributed by atoms with Crippen LogP contribution in [0.2, 0.25) is 0 Å². The van der Waals surface area contributed by atoms with Crippen LogP contribution in [-0.4, -0.2) is 45.9 Å². The first kappa shape index (κ1) is 22.2. The first-order valence-corrected chi connectivity index (χ1v) is 10.9. The second-order valence-corrected chi connectivity index (χ2v) is 9.46. The third-order valence-corrected chi connectivity index (χ3v) is 5.87. The molecular weight excluding hydrogens is 382 g/mol. The van der Waals surface area contributed by atoms with Crippen molar-refractivity contribution in [3.63, 3.8) is 0 Å². The summed E-state index contributed by atoms with van der Waals surface area (Å²) in [5, 5.41) is 2.69. The molecule has 2 aliphatic rings. The Bertz CT molecular complexity index is 811. The highest BCUT2D eigenvalue weighted by atomic mass is 16.6. The predicted molar refractivity (Wildman–Crippen MR) is 114 cm³/mol. The van der Waals surface area contributed by atoms with Gasteiger partial charge in [0.15, 0.2) is 0 Å². The van der Waals surface area contributed by atoms with Crippen LogP contribution < -0.4 is 5.32 Å². The van der Waals surface area contributed by atoms with E-state index in [4.69, 9.17) is 4.74 Å². The number of anilines is 1. The van der Waals surface area contributed by atoms with E-state index in [1.807, 2.05) is 27.7 Å². The normalized spacial score (nSPS) is 19.7. The largest absolute Gasteiger partial charge is 0.460 e. The maximum atomic E-state index is 12.8. The van der Waals surface area contributed by atoms with Crippen LogP contribution in [0, 0.1) is 12.8 Å². The van der Waals surface area contributed by atoms with E-state index in [0.717, 1.165) is 37.7 Å². The number of hydrogen-bond donors (Lipinski definition) is 1. The number of hydrogen-bond acceptors (Lipinski definition) is 5. The van der Waals surface area contributed by atoms with Crippen molar-refractivity contribution in [3.8, 4) is 0 Å². The molecule has 7 heteroatoms. The summed E-state index contributed by atoms with van der Waals surface area (Å²) in [7, 11) is 0. The molecule has 1 aliphatic carbocycles. The van der Waals surface area contributed by atoms with E-state index >= 15 is 0 Å². The third-order valence-electron chi connectivity index (χ3n) is 5.87. The third kappa shape index (κ3) is 5.58. The maximum Gasteiger partial charge on any atom is 0.313 e. The van der Waals surface area contributed by atoms with Gasteiger partial charge in [-0.2, -0.15) is 0 Å². The molecule has 0 bridgehead atoms. The van der Waals surface area contributed by atoms with Gasteiger partial charge in [0.05, 0.1) is 24.0 Å². The molecule has 1 unspecified atom stereocenters. The van der Waals surface area contributed by atoms with Crippen LogP contribution >= 0.6 is 0 Å². The molecule has 7 nitrogen and oxygen atoms in total. The van der Waals surface area contributed by atoms with Crippen LogP contribution in [0.1, 0.15) is 70.6 Å². The number of esters is 1. The van der Waals surface area contributed by atoms with Gasteiger partial charge in [-0.15, -0.1) is 0 Å². The molecule has 2 amide bonds. The van der Waals surface area contributed by atoms with Crippen LogP contribution in [-0.2, 0) is 25.5 Å². The van der Waals surface area contributed by atoms with E-state index in [9.17, 15) is 14.4 Å². The van der Waals surface area contributed by atoms with E-state index < -0.39 is 17.4 Å². The van der Waals surface area contributed by atoms with E-state index in [-0.39, 0.29) is 18.4 Å². The SMILES string of the molecule is Cc1cc(NC(=O)C(=O)N2CCCCC2C2CCC2)cnc1CC(=O)OC(C)(C)C. The predicted octanol–water partition coefficient (Wildman–Crippen LogP) is 3.39. The van der Waals surface area contributed by atoms with Gasteiger partial charge in [-0.3, -0.25) is 19.4 Å². The number of piperidine rings is 1. The van der Waals surface area contributed by atoms with E-state index in [1.54, 1.807) is 11.0 Å². The standard InChI is InChI=1S/C23H33N3O4/c1-15-12-17(14-24-18(15)13-20(27)30-23(2,3)4)25-21(28)22(29)26-11-6-5-10-19(26)16-8-7-9-16/h12,14,16,19H,5-11,13H2,1-4H3,(H,25,28). The van der Waals surface area contributed by atoms with E-state index in [0.29, 0.717) is 23.8 Å². The molecule has 2 fully saturated rings. The molecule has 2 heterocycles. The van der Waals surface area contributed by atoms with Crippen LogP contribution in [0.15, 0.2) is 12.3 Å². The summed E-state index contributed by atoms with van der Waals surface area (Å²) < 4.78 is 5.33. The summed E-state index contributed by atoms with van der Waals surface area (Å²) >= 11 is 0. The number of pyridine rings is 1. The van der Waals surface area contributed by atoms with Crippen LogP contribution in [0.25, 0.3) is 0 Å². The topological polar surface area (TPSA) is 88.6 Å². The second-order valence-electron chi connectivity index (χ2n) is 9.46. The van der Waals surface area contributed by atoms with Crippen molar-refractivity contribution in [2.45, 2.75) is 84.3 Å². The van der Waals surface area contributed by atoms with Crippen molar-refractivity contribution in [2.24, 2.45) is 5.92 Å². The molecule has 1 saturated heterocycles. The Morgan fingerprint density at radius 1 is 1.17 bits per heavy atom. The number of nitrogens with zero attached hydrogens (tertiary/aromatic N) is 2. The maximum absolute atomic E-state index is 12.8. The molecule has 0 radical (unpaired) electrons. The fourth-order valence-corrected chi connectivity index (χ4v) is 4.21. The summed E-state index contributed by atoms with van der Waals surface area (Å²) in [6.07, 6.45) is 8.12. The van der Waals surface area contributed by atoms with Gasteiger partial charge in [0.25, 0.3) is 0 Å². The number of ether oxygens (including phenoxy) is 1. The monoisotopic (exact) mass is 415 g/mol. The van der Waals surface area contributed by atoms with Crippen molar-refractivity contribution in [2.75, 3.05) is 11.9 Å². The summed E-state index contributed by atoms with van der Waals surface area (Å²) in [6.45, 7) is 7.93.